The fourth-order valence-electron chi connectivity index (χ4n) is 8.29. The topological polar surface area (TPSA) is 154 Å². The molecule has 3 fully saturated rings. The van der Waals surface area contributed by atoms with E-state index in [-0.39, 0.29) is 30.8 Å². The van der Waals surface area contributed by atoms with Crippen molar-refractivity contribution in [1.82, 2.24) is 9.91 Å². The van der Waals surface area contributed by atoms with Gasteiger partial charge in [-0.25, -0.2) is 4.79 Å². The summed E-state index contributed by atoms with van der Waals surface area (Å²) in [5, 5.41) is 17.0. The molecule has 294 valence electrons. The van der Waals surface area contributed by atoms with E-state index in [4.69, 9.17) is 23.7 Å². The van der Waals surface area contributed by atoms with Crippen LogP contribution in [0.15, 0.2) is 41.5 Å². The number of aliphatic hydroxyl groups is 1. The Kier molecular flexibility index (Phi) is 13.8. The number of esters is 1. The van der Waals surface area contributed by atoms with Gasteiger partial charge in [0.1, 0.15) is 30.0 Å². The van der Waals surface area contributed by atoms with Gasteiger partial charge >= 0.3 is 12.1 Å². The molecule has 1 amide bonds. The number of carbonyl (C=O) groups is 4. The van der Waals surface area contributed by atoms with E-state index in [0.717, 1.165) is 10.6 Å². The maximum absolute atomic E-state index is 14.5. The zero-order chi connectivity index (χ0) is 39.4. The molecule has 0 bridgehead atoms. The lowest BCUT2D eigenvalue weighted by atomic mass is 9.73. The summed E-state index contributed by atoms with van der Waals surface area (Å²) >= 11 is 0. The highest BCUT2D eigenvalue weighted by atomic mass is 16.7. The quantitative estimate of drug-likeness (QED) is 0.220. The molecular weight excluding hydrogens is 682 g/mol. The number of cyclic esters (lactones) is 1. The van der Waals surface area contributed by atoms with Crippen molar-refractivity contribution in [3.05, 3.63) is 42.0 Å². The Morgan fingerprint density at radius 2 is 1.68 bits per heavy atom. The molecular formula is C40H59N3O10. The molecule has 53 heavy (non-hydrogen) atoms. The number of benzene rings is 1. The summed E-state index contributed by atoms with van der Waals surface area (Å²) in [6.07, 6.45) is 0.530. The van der Waals surface area contributed by atoms with Crippen molar-refractivity contribution in [2.24, 2.45) is 28.8 Å². The molecule has 4 rings (SSSR count). The van der Waals surface area contributed by atoms with Crippen LogP contribution < -0.4 is 0 Å². The van der Waals surface area contributed by atoms with Gasteiger partial charge in [0.2, 0.25) is 0 Å². The minimum atomic E-state index is -1.50. The molecule has 0 radical (unpaired) electrons. The van der Waals surface area contributed by atoms with Gasteiger partial charge in [0.25, 0.3) is 0 Å². The number of amides is 1. The van der Waals surface area contributed by atoms with Crippen LogP contribution in [0.5, 0.6) is 0 Å². The summed E-state index contributed by atoms with van der Waals surface area (Å²) in [6, 6.07) is 8.30. The Morgan fingerprint density at radius 3 is 2.28 bits per heavy atom. The summed E-state index contributed by atoms with van der Waals surface area (Å²) in [4.78, 5) is 58.1. The number of carbonyl (C=O) groups excluding carboxylic acids is 4. The van der Waals surface area contributed by atoms with Crippen LogP contribution in [0.2, 0.25) is 0 Å². The molecule has 3 aliphatic rings. The number of ether oxygens (including phenoxy) is 5. The van der Waals surface area contributed by atoms with Crippen LogP contribution in [0.25, 0.3) is 6.08 Å². The molecule has 3 aliphatic heterocycles. The first-order valence-corrected chi connectivity index (χ1v) is 18.7. The summed E-state index contributed by atoms with van der Waals surface area (Å²) in [5.41, 5.74) is -1.86. The predicted molar refractivity (Wildman–Crippen MR) is 199 cm³/mol. The number of aliphatic hydroxyl groups excluding tert-OH is 1. The molecule has 1 N–H and O–H groups in total. The average Bonchev–Trinajstić information content (AvgIpc) is 3.39. The van der Waals surface area contributed by atoms with Gasteiger partial charge in [0.15, 0.2) is 17.7 Å². The van der Waals surface area contributed by atoms with Crippen molar-refractivity contribution in [3.8, 4) is 0 Å². The van der Waals surface area contributed by atoms with Crippen molar-refractivity contribution < 1.29 is 48.0 Å². The van der Waals surface area contributed by atoms with Crippen LogP contribution in [0.3, 0.4) is 0 Å². The molecule has 0 aliphatic carbocycles. The molecule has 0 saturated carbocycles. The van der Waals surface area contributed by atoms with Crippen LogP contribution in [-0.4, -0.2) is 120 Å². The maximum atomic E-state index is 14.5. The lowest BCUT2D eigenvalue weighted by Gasteiger charge is -2.47. The number of likely N-dealkylation sites (N-methyl/N-ethyl adjacent to an activating group) is 1. The van der Waals surface area contributed by atoms with E-state index in [0.29, 0.717) is 6.42 Å². The first-order valence-electron chi connectivity index (χ1n) is 18.7. The number of nitrogens with zero attached hydrogens (tertiary/aromatic N) is 3. The normalized spacial score (nSPS) is 39.3. The predicted octanol–water partition coefficient (Wildman–Crippen LogP) is 4.89. The van der Waals surface area contributed by atoms with E-state index in [1.54, 1.807) is 47.6 Å². The van der Waals surface area contributed by atoms with Gasteiger partial charge in [0.05, 0.1) is 17.8 Å². The fourth-order valence-corrected chi connectivity index (χ4v) is 8.29. The number of hydrogen-bond donors (Lipinski definition) is 1. The van der Waals surface area contributed by atoms with Crippen molar-refractivity contribution in [2.45, 2.75) is 129 Å². The third kappa shape index (κ3) is 8.91. The van der Waals surface area contributed by atoms with E-state index in [9.17, 15) is 24.3 Å². The van der Waals surface area contributed by atoms with Crippen molar-refractivity contribution in [1.29, 1.82) is 0 Å². The second-order valence-electron chi connectivity index (χ2n) is 15.6. The van der Waals surface area contributed by atoms with Crippen molar-refractivity contribution in [3.63, 3.8) is 0 Å². The van der Waals surface area contributed by atoms with E-state index in [1.807, 2.05) is 62.3 Å². The van der Waals surface area contributed by atoms with E-state index < -0.39 is 83.4 Å². The second kappa shape index (κ2) is 17.3. The Morgan fingerprint density at radius 1 is 1.02 bits per heavy atom. The SMILES string of the molecule is CC[C@H]1OC(=O)[C@H](C)C(=O)[C@H](C)[C@@H](O[C@@H]2O[C@H](C)C[C@H](N(C)C)[C@H]2O)[C@](C)(OC)C[C@@H](C)C(=O)[C@H](C)[C@H]2N(/N=C/C=C/c3ccccc3)C(=O)O[C@]12C. The Bertz CT molecular complexity index is 1520. The summed E-state index contributed by atoms with van der Waals surface area (Å²) < 4.78 is 30.8. The highest BCUT2D eigenvalue weighted by Gasteiger charge is 2.61. The summed E-state index contributed by atoms with van der Waals surface area (Å²) in [6.45, 7) is 13.7. The number of allylic oxidation sites excluding steroid dienone is 1. The lowest BCUT2D eigenvalue weighted by molar-refractivity contribution is -0.295. The highest BCUT2D eigenvalue weighted by Crippen LogP contribution is 2.43. The first kappa shape index (κ1) is 42.3. The van der Waals surface area contributed by atoms with Gasteiger partial charge in [-0.05, 0) is 72.7 Å². The number of hydrazone groups is 1. The number of hydrogen-bond acceptors (Lipinski definition) is 12. The minimum absolute atomic E-state index is 0.0990. The standard InChI is InChI=1S/C40H59N3O10/c1-12-30-40(8)34(43(38(48)53-40)41-20-16-19-28-17-14-13-15-18-28)25(4)31(44)23(2)22-39(7,49-11)35(26(5)32(45)27(6)36(47)51-30)52-37-33(46)29(42(9)10)21-24(3)50-37/h13-20,23-27,29-30,33-35,37,46H,12,21-22H2,1-11H3/b19-16+,41-20+/t23-,24-,25+,26+,27-,29+,30-,33-,34-,35-,37+,39-,40-/m1/s1. The fraction of sp³-hybridized carbons (Fsp3) is 0.675. The molecule has 1 aromatic carbocycles. The highest BCUT2D eigenvalue weighted by molar-refractivity contribution is 6.00. The maximum Gasteiger partial charge on any atom is 0.431 e. The number of fused-ring (bicyclic) bond motifs is 1. The molecule has 3 saturated heterocycles. The smallest absolute Gasteiger partial charge is 0.431 e. The second-order valence-corrected chi connectivity index (χ2v) is 15.6. The van der Waals surface area contributed by atoms with Gasteiger partial charge in [-0.1, -0.05) is 64.1 Å². The Hall–Kier alpha value is -3.49. The Labute approximate surface area is 314 Å². The van der Waals surface area contributed by atoms with Gasteiger partial charge in [-0.15, -0.1) is 0 Å². The van der Waals surface area contributed by atoms with Crippen molar-refractivity contribution in [2.75, 3.05) is 21.2 Å². The number of ketones is 2. The van der Waals surface area contributed by atoms with Gasteiger partial charge in [0, 0.05) is 37.1 Å². The van der Waals surface area contributed by atoms with E-state index in [2.05, 4.69) is 5.10 Å². The number of Topliss-reactive ketones (excluding diaryl/α,β-unsaturated/α-hetero) is 2. The third-order valence-electron chi connectivity index (χ3n) is 11.4. The van der Waals surface area contributed by atoms with Crippen molar-refractivity contribution >= 4 is 35.9 Å². The molecule has 0 spiro atoms. The van der Waals surface area contributed by atoms with Crippen LogP contribution in [0.1, 0.15) is 80.2 Å². The first-order chi connectivity index (χ1) is 24.9. The molecule has 13 atom stereocenters. The van der Waals surface area contributed by atoms with Gasteiger partial charge < -0.3 is 33.7 Å². The average molecular weight is 742 g/mol. The number of methoxy groups -OCH3 is 1. The molecule has 1 aromatic rings. The minimum Gasteiger partial charge on any atom is -0.457 e. The van der Waals surface area contributed by atoms with Crippen LogP contribution in [0.4, 0.5) is 4.79 Å². The zero-order valence-corrected chi connectivity index (χ0v) is 33.1. The van der Waals surface area contributed by atoms with E-state index >= 15 is 0 Å². The largest absolute Gasteiger partial charge is 0.457 e. The summed E-state index contributed by atoms with van der Waals surface area (Å²) in [7, 11) is 5.20. The molecule has 13 nitrogen and oxygen atoms in total. The van der Waals surface area contributed by atoms with Crippen LogP contribution in [-0.2, 0) is 38.1 Å². The molecule has 3 heterocycles. The molecule has 0 unspecified atom stereocenters. The van der Waals surface area contributed by atoms with E-state index in [1.165, 1.54) is 20.2 Å². The third-order valence-corrected chi connectivity index (χ3v) is 11.4. The molecule has 13 heteroatoms. The number of rotatable bonds is 8. The van der Waals surface area contributed by atoms with Crippen LogP contribution >= 0.6 is 0 Å². The van der Waals surface area contributed by atoms with Gasteiger partial charge in [-0.3, -0.25) is 14.4 Å². The lowest BCUT2D eigenvalue weighted by Crippen LogP contribution is -2.60. The molecule has 0 aromatic heterocycles. The van der Waals surface area contributed by atoms with Crippen LogP contribution in [0, 0.1) is 23.7 Å². The Balaban J connectivity index is 1.77. The monoisotopic (exact) mass is 741 g/mol. The van der Waals surface area contributed by atoms with Gasteiger partial charge in [-0.2, -0.15) is 10.1 Å². The summed E-state index contributed by atoms with van der Waals surface area (Å²) in [5.74, 6) is -5.25. The zero-order valence-electron chi connectivity index (χ0n) is 33.1.